The van der Waals surface area contributed by atoms with Crippen LogP contribution in [-0.2, 0) is 0 Å². The van der Waals surface area contributed by atoms with E-state index in [1.165, 1.54) is 0 Å². The zero-order chi connectivity index (χ0) is 14.4. The fourth-order valence-corrected chi connectivity index (χ4v) is 2.45. The molecule has 0 atom stereocenters. The first-order chi connectivity index (χ1) is 8.95. The molecule has 1 aromatic rings. The quantitative estimate of drug-likeness (QED) is 0.801. The van der Waals surface area contributed by atoms with E-state index in [1.54, 1.807) is 0 Å². The van der Waals surface area contributed by atoms with Gasteiger partial charge in [-0.25, -0.2) is 0 Å². The number of thiol groups is 1. The summed E-state index contributed by atoms with van der Waals surface area (Å²) in [5.41, 5.74) is 0.680. The smallest absolute Gasteiger partial charge is 0.255 e. The average Bonchev–Trinajstić information content (AvgIpc) is 2.36. The van der Waals surface area contributed by atoms with E-state index in [9.17, 15) is 4.79 Å². The molecule has 0 bridgehead atoms. The van der Waals surface area contributed by atoms with Gasteiger partial charge in [0, 0.05) is 22.5 Å². The van der Waals surface area contributed by atoms with E-state index in [2.05, 4.69) is 33.5 Å². The Balaban J connectivity index is 2.75. The first kappa shape index (κ1) is 16.5. The maximum atomic E-state index is 12.5. The van der Waals surface area contributed by atoms with Gasteiger partial charge in [-0.15, -0.1) is 12.6 Å². The molecule has 0 aromatic heterocycles. The number of carbonyl (C=O) groups excluding carboxylic acids is 1. The zero-order valence-corrected chi connectivity index (χ0v) is 14.2. The minimum atomic E-state index is 0.0593. The largest absolute Gasteiger partial charge is 0.339 e. The molecule has 3 nitrogen and oxygen atoms in total. The minimum absolute atomic E-state index is 0.0593. The van der Waals surface area contributed by atoms with Gasteiger partial charge in [-0.3, -0.25) is 4.79 Å². The summed E-state index contributed by atoms with van der Waals surface area (Å²) >= 11 is 7.72. The zero-order valence-electron chi connectivity index (χ0n) is 11.7. The van der Waals surface area contributed by atoms with Crippen molar-refractivity contribution in [1.29, 1.82) is 0 Å². The lowest BCUT2D eigenvalue weighted by atomic mass is 10.2. The second-order valence-electron chi connectivity index (χ2n) is 4.71. The Hall–Kier alpha value is -0.520. The molecule has 1 rings (SSSR count). The van der Waals surface area contributed by atoms with E-state index < -0.39 is 0 Å². The number of nitrogens with zero attached hydrogens (tertiary/aromatic N) is 2. The summed E-state index contributed by atoms with van der Waals surface area (Å²) in [6.45, 7) is 4.48. The molecule has 106 valence electrons. The Morgan fingerprint density at radius 2 is 2.00 bits per heavy atom. The van der Waals surface area contributed by atoms with E-state index in [4.69, 9.17) is 0 Å². The molecular formula is C14H21BrN2OS. The molecule has 0 N–H and O–H groups in total. The lowest BCUT2D eigenvalue weighted by Crippen LogP contribution is -2.33. The average molecular weight is 345 g/mol. The molecule has 5 heteroatoms. The van der Waals surface area contributed by atoms with Gasteiger partial charge in [-0.2, -0.15) is 0 Å². The number of rotatable bonds is 6. The van der Waals surface area contributed by atoms with Gasteiger partial charge < -0.3 is 9.80 Å². The summed E-state index contributed by atoms with van der Waals surface area (Å²) in [6.07, 6.45) is 0.977. The third-order valence-electron chi connectivity index (χ3n) is 2.88. The molecule has 19 heavy (non-hydrogen) atoms. The van der Waals surface area contributed by atoms with Crippen molar-refractivity contribution in [2.24, 2.45) is 0 Å². The van der Waals surface area contributed by atoms with E-state index in [1.807, 2.05) is 44.1 Å². The number of benzene rings is 1. The van der Waals surface area contributed by atoms with E-state index in [0.717, 1.165) is 35.4 Å². The Bertz CT molecular complexity index is 437. The summed E-state index contributed by atoms with van der Waals surface area (Å²) in [5.74, 6) is 0.0593. The van der Waals surface area contributed by atoms with Crippen LogP contribution < -0.4 is 0 Å². The highest BCUT2D eigenvalue weighted by Crippen LogP contribution is 2.21. The summed E-state index contributed by atoms with van der Waals surface area (Å²) in [6, 6.07) is 5.54. The van der Waals surface area contributed by atoms with Crippen LogP contribution in [0.4, 0.5) is 0 Å². The lowest BCUT2D eigenvalue weighted by Gasteiger charge is -2.22. The number of amides is 1. The number of carbonyl (C=O) groups is 1. The normalized spacial score (nSPS) is 10.8. The van der Waals surface area contributed by atoms with Crippen molar-refractivity contribution < 1.29 is 4.79 Å². The van der Waals surface area contributed by atoms with Crippen LogP contribution in [0.1, 0.15) is 23.7 Å². The standard InChI is InChI=1S/C14H21BrN2OS/c1-4-17(9-5-8-16(2)3)14(18)12-10-11(19)6-7-13(12)15/h6-7,10,19H,4-5,8-9H2,1-3H3. The second-order valence-corrected chi connectivity index (χ2v) is 6.08. The molecule has 1 aromatic carbocycles. The Kier molecular flexibility index (Phi) is 6.89. The van der Waals surface area contributed by atoms with Gasteiger partial charge in [0.15, 0.2) is 0 Å². The number of halogens is 1. The van der Waals surface area contributed by atoms with Crippen LogP contribution in [0.3, 0.4) is 0 Å². The highest BCUT2D eigenvalue weighted by molar-refractivity contribution is 9.10. The van der Waals surface area contributed by atoms with Gasteiger partial charge in [0.1, 0.15) is 0 Å². The molecule has 0 saturated heterocycles. The molecule has 0 spiro atoms. The third kappa shape index (κ3) is 5.16. The molecule has 0 aliphatic rings. The van der Waals surface area contributed by atoms with Crippen LogP contribution in [0.15, 0.2) is 27.6 Å². The van der Waals surface area contributed by atoms with Crippen LogP contribution in [0.5, 0.6) is 0 Å². The lowest BCUT2D eigenvalue weighted by molar-refractivity contribution is 0.0758. The summed E-state index contributed by atoms with van der Waals surface area (Å²) < 4.78 is 0.821. The maximum absolute atomic E-state index is 12.5. The second kappa shape index (κ2) is 7.92. The number of hydrogen-bond donors (Lipinski definition) is 1. The molecule has 1 amide bonds. The minimum Gasteiger partial charge on any atom is -0.339 e. The highest BCUT2D eigenvalue weighted by Gasteiger charge is 2.16. The van der Waals surface area contributed by atoms with Crippen molar-refractivity contribution in [2.75, 3.05) is 33.7 Å². The highest BCUT2D eigenvalue weighted by atomic mass is 79.9. The SMILES string of the molecule is CCN(CCCN(C)C)C(=O)c1cc(S)ccc1Br. The van der Waals surface area contributed by atoms with Crippen LogP contribution >= 0.6 is 28.6 Å². The molecule has 0 aliphatic carbocycles. The fourth-order valence-electron chi connectivity index (χ4n) is 1.83. The molecule has 0 heterocycles. The molecule has 0 aliphatic heterocycles. The number of hydrogen-bond acceptors (Lipinski definition) is 3. The van der Waals surface area contributed by atoms with Gasteiger partial charge in [-0.05, 0) is 68.1 Å². The van der Waals surface area contributed by atoms with Crippen molar-refractivity contribution in [3.63, 3.8) is 0 Å². The van der Waals surface area contributed by atoms with Crippen molar-refractivity contribution in [1.82, 2.24) is 9.80 Å². The van der Waals surface area contributed by atoms with Crippen molar-refractivity contribution in [3.05, 3.63) is 28.2 Å². The van der Waals surface area contributed by atoms with Crippen molar-refractivity contribution in [2.45, 2.75) is 18.2 Å². The van der Waals surface area contributed by atoms with Gasteiger partial charge in [0.2, 0.25) is 0 Å². The van der Waals surface area contributed by atoms with Crippen LogP contribution in [-0.4, -0.2) is 49.4 Å². The van der Waals surface area contributed by atoms with Gasteiger partial charge in [0.25, 0.3) is 5.91 Å². The third-order valence-corrected chi connectivity index (χ3v) is 3.85. The van der Waals surface area contributed by atoms with Crippen molar-refractivity contribution >= 4 is 34.5 Å². The van der Waals surface area contributed by atoms with Gasteiger partial charge in [-0.1, -0.05) is 0 Å². The Morgan fingerprint density at radius 3 is 2.58 bits per heavy atom. The predicted octanol–water partition coefficient (Wildman–Crippen LogP) is 3.15. The van der Waals surface area contributed by atoms with Crippen LogP contribution in [0.2, 0.25) is 0 Å². The van der Waals surface area contributed by atoms with E-state index in [0.29, 0.717) is 5.56 Å². The summed E-state index contributed by atoms with van der Waals surface area (Å²) in [7, 11) is 4.08. The molecule has 0 radical (unpaired) electrons. The van der Waals surface area contributed by atoms with Gasteiger partial charge >= 0.3 is 0 Å². The van der Waals surface area contributed by atoms with E-state index >= 15 is 0 Å². The fraction of sp³-hybridized carbons (Fsp3) is 0.500. The molecular weight excluding hydrogens is 324 g/mol. The monoisotopic (exact) mass is 344 g/mol. The Morgan fingerprint density at radius 1 is 1.32 bits per heavy atom. The molecule has 0 saturated carbocycles. The summed E-state index contributed by atoms with van der Waals surface area (Å²) in [5, 5.41) is 0. The predicted molar refractivity (Wildman–Crippen MR) is 86.1 cm³/mol. The summed E-state index contributed by atoms with van der Waals surface area (Å²) in [4.78, 5) is 17.3. The van der Waals surface area contributed by atoms with Crippen LogP contribution in [0, 0.1) is 0 Å². The Labute approximate surface area is 129 Å². The molecule has 0 unspecified atom stereocenters. The van der Waals surface area contributed by atoms with Crippen LogP contribution in [0.25, 0.3) is 0 Å². The van der Waals surface area contributed by atoms with Gasteiger partial charge in [0.05, 0.1) is 5.56 Å². The maximum Gasteiger partial charge on any atom is 0.255 e. The molecule has 0 fully saturated rings. The first-order valence-electron chi connectivity index (χ1n) is 6.38. The van der Waals surface area contributed by atoms with E-state index in [-0.39, 0.29) is 5.91 Å². The van der Waals surface area contributed by atoms with Crippen molar-refractivity contribution in [3.8, 4) is 0 Å². The topological polar surface area (TPSA) is 23.6 Å². The first-order valence-corrected chi connectivity index (χ1v) is 7.62.